The molecule has 0 aromatic heterocycles. The van der Waals surface area contributed by atoms with E-state index in [9.17, 15) is 9.59 Å². The number of allylic oxidation sites excluding steroid dienone is 1. The summed E-state index contributed by atoms with van der Waals surface area (Å²) in [7, 11) is 15.5. The summed E-state index contributed by atoms with van der Waals surface area (Å²) in [5.74, 6) is 1.88. The third-order valence-electron chi connectivity index (χ3n) is 8.48. The van der Waals surface area contributed by atoms with Crippen molar-refractivity contribution in [2.24, 2.45) is 40.4 Å². The maximum absolute atomic E-state index is 13.8. The summed E-state index contributed by atoms with van der Waals surface area (Å²) in [6.45, 7) is 26.9. The number of rotatable bonds is 17. The summed E-state index contributed by atoms with van der Waals surface area (Å²) < 4.78 is 0. The molecule has 0 aliphatic carbocycles. The molecule has 6 atom stereocenters. The van der Waals surface area contributed by atoms with Crippen molar-refractivity contribution in [3.8, 4) is 0 Å². The first kappa shape index (κ1) is 44.5. The molecule has 197 valence electrons. The van der Waals surface area contributed by atoms with Crippen LogP contribution in [0.2, 0.25) is 12.6 Å². The van der Waals surface area contributed by atoms with E-state index in [4.69, 9.17) is 7.74 Å². The summed E-state index contributed by atoms with van der Waals surface area (Å²) in [5, 5.41) is 0. The van der Waals surface area contributed by atoms with Gasteiger partial charge in [-0.3, -0.25) is 11.1 Å². The molecule has 0 aromatic carbocycles. The molecule has 6 unspecified atom stereocenters. The SMILES string of the molecule is [B].[B][B].[B][B]B(C)C(C(C)(C)[C-]=O)C(C)(C)C(=O)C(C)C(C)C(C)C(C)CCC(C)CC[CH-]C(=C)C.[Y]. The van der Waals surface area contributed by atoms with Crippen molar-refractivity contribution < 1.29 is 42.3 Å². The topological polar surface area (TPSA) is 34.1 Å². The van der Waals surface area contributed by atoms with E-state index in [1.165, 1.54) is 19.3 Å². The smallest absolute Gasteiger partial charge is 0.141 e. The number of hydrogen-bond acceptors (Lipinski definition) is 2. The van der Waals surface area contributed by atoms with E-state index in [2.05, 4.69) is 76.3 Å². The number of ketones is 1. The van der Waals surface area contributed by atoms with E-state index < -0.39 is 10.8 Å². The first-order valence-corrected chi connectivity index (χ1v) is 13.3. The van der Waals surface area contributed by atoms with Crippen LogP contribution in [0.4, 0.5) is 0 Å². The predicted molar refractivity (Wildman–Crippen MR) is 166 cm³/mol. The normalized spacial score (nSPS) is 16.0. The minimum absolute atomic E-state index is 0. The first-order chi connectivity index (χ1) is 16.0. The van der Waals surface area contributed by atoms with Crippen LogP contribution in [0, 0.1) is 46.8 Å². The number of carbonyl (C=O) groups is 1. The van der Waals surface area contributed by atoms with Crippen LogP contribution in [-0.4, -0.2) is 57.4 Å². The molecular weight excluding hydrogens is 522 g/mol. The zero-order chi connectivity index (χ0) is 28.1. The fourth-order valence-electron chi connectivity index (χ4n) is 5.91. The Balaban J connectivity index is -0.00000132. The molecule has 0 N–H and O–H groups in total. The van der Waals surface area contributed by atoms with Crippen LogP contribution in [0.3, 0.4) is 0 Å². The van der Waals surface area contributed by atoms with Gasteiger partial charge in [-0.15, -0.1) is 11.8 Å². The van der Waals surface area contributed by atoms with Gasteiger partial charge < -0.3 is 4.79 Å². The molecule has 37 heavy (non-hydrogen) atoms. The van der Waals surface area contributed by atoms with E-state index in [0.29, 0.717) is 17.8 Å². The molecule has 0 aliphatic rings. The van der Waals surface area contributed by atoms with E-state index in [-0.39, 0.29) is 71.2 Å². The van der Waals surface area contributed by atoms with E-state index in [0.717, 1.165) is 12.0 Å². The molecule has 0 aliphatic heterocycles. The van der Waals surface area contributed by atoms with Crippen LogP contribution in [-0.2, 0) is 42.3 Å². The van der Waals surface area contributed by atoms with Crippen LogP contribution >= 0.6 is 0 Å². The van der Waals surface area contributed by atoms with Crippen LogP contribution in [0.5, 0.6) is 0 Å². The largest absolute Gasteiger partial charge is 0.541 e. The molecule has 0 amide bonds. The zero-order valence-electron chi connectivity index (χ0n) is 25.9. The second-order valence-corrected chi connectivity index (χ2v) is 12.2. The van der Waals surface area contributed by atoms with Crippen molar-refractivity contribution in [2.45, 2.75) is 108 Å². The summed E-state index contributed by atoms with van der Waals surface area (Å²) in [4.78, 5) is 25.6. The number of hydrogen-bond donors (Lipinski definition) is 0. The van der Waals surface area contributed by atoms with Crippen LogP contribution in [0.15, 0.2) is 12.2 Å². The van der Waals surface area contributed by atoms with Crippen molar-refractivity contribution in [2.75, 3.05) is 0 Å². The van der Waals surface area contributed by atoms with Crippen LogP contribution < -0.4 is 0 Å². The molecule has 0 fully saturated rings. The maximum atomic E-state index is 13.8. The fourth-order valence-corrected chi connectivity index (χ4v) is 5.91. The van der Waals surface area contributed by atoms with Gasteiger partial charge in [0, 0.05) is 82.7 Å². The quantitative estimate of drug-likeness (QED) is 0.161. The first-order valence-electron chi connectivity index (χ1n) is 13.3. The predicted octanol–water partition coefficient (Wildman–Crippen LogP) is 5.87. The minimum Gasteiger partial charge on any atom is -0.541 e. The molecule has 0 bridgehead atoms. The molecule has 0 spiro atoms. The van der Waals surface area contributed by atoms with Crippen molar-refractivity contribution in [3.63, 3.8) is 0 Å². The summed E-state index contributed by atoms with van der Waals surface area (Å²) in [6.07, 6.45) is 9.11. The average Bonchev–Trinajstić information content (AvgIpc) is 2.80. The molecule has 0 aromatic rings. The molecule has 11 radical (unpaired) electrons. The fraction of sp³-hybridized carbons (Fsp3) is 0.821. The molecular formula is C28H50B6O2Y-2. The monoisotopic (exact) mass is 573 g/mol. The Hall–Kier alpha value is 0.444. The molecule has 0 saturated heterocycles. The minimum atomic E-state index is -0.756. The van der Waals surface area contributed by atoms with Gasteiger partial charge in [0.1, 0.15) is 5.78 Å². The van der Waals surface area contributed by atoms with Crippen molar-refractivity contribution >= 4 is 57.4 Å². The zero-order valence-corrected chi connectivity index (χ0v) is 28.8. The average molecular weight is 572 g/mol. The Bertz CT molecular complexity index is 644. The third-order valence-corrected chi connectivity index (χ3v) is 8.48. The Kier molecular flexibility index (Phi) is 25.5. The summed E-state index contributed by atoms with van der Waals surface area (Å²) in [5.41, 5.74) is -0.287. The van der Waals surface area contributed by atoms with E-state index in [1.54, 1.807) is 7.06 Å². The van der Waals surface area contributed by atoms with Gasteiger partial charge in [0.25, 0.3) is 0 Å². The van der Waals surface area contributed by atoms with E-state index in [1.807, 2.05) is 34.5 Å². The van der Waals surface area contributed by atoms with Crippen LogP contribution in [0.25, 0.3) is 0 Å². The van der Waals surface area contributed by atoms with Gasteiger partial charge in [-0.25, -0.2) is 18.6 Å². The summed E-state index contributed by atoms with van der Waals surface area (Å²) in [6, 6.07) is 0. The van der Waals surface area contributed by atoms with Crippen LogP contribution in [0.1, 0.15) is 94.9 Å². The summed E-state index contributed by atoms with van der Waals surface area (Å²) >= 11 is 0. The molecule has 0 rings (SSSR count). The number of Topliss-reactive ketones (excluding diaryl/α,β-unsaturated/α-hetero) is 1. The van der Waals surface area contributed by atoms with Gasteiger partial charge in [-0.1, -0.05) is 101 Å². The standard InChI is InChI=1S/C28H50B3O2.B2.B.Y/c1-19(2)14-13-15-20(3)16-17-21(4)22(5)23(6)24(7)25(33)28(10,11)26(31(12)30-29)27(8,9)18-32;1-2;;/h14,20-24,26H,1,13,15-17H2,2-12H3;;;/q-2;;;. The molecule has 0 heterocycles. The van der Waals surface area contributed by atoms with Gasteiger partial charge in [0.05, 0.1) is 6.60 Å². The van der Waals surface area contributed by atoms with Crippen molar-refractivity contribution in [1.82, 2.24) is 0 Å². The second kappa shape index (κ2) is 21.2. The van der Waals surface area contributed by atoms with Crippen molar-refractivity contribution in [1.29, 1.82) is 0 Å². The molecule has 0 saturated carbocycles. The van der Waals surface area contributed by atoms with Gasteiger partial charge >= 0.3 is 0 Å². The Morgan fingerprint density at radius 2 is 1.51 bits per heavy atom. The Morgan fingerprint density at radius 1 is 1.03 bits per heavy atom. The molecule has 2 nitrogen and oxygen atoms in total. The third kappa shape index (κ3) is 14.6. The van der Waals surface area contributed by atoms with Crippen molar-refractivity contribution in [3.05, 3.63) is 18.6 Å². The second-order valence-electron chi connectivity index (χ2n) is 12.2. The van der Waals surface area contributed by atoms with Gasteiger partial charge in [0.15, 0.2) is 0 Å². The number of carbonyl (C=O) groups excluding carboxylic acids is 2. The van der Waals surface area contributed by atoms with Gasteiger partial charge in [-0.2, -0.15) is 0 Å². The maximum Gasteiger partial charge on any atom is 0.141 e. The Labute approximate surface area is 264 Å². The molecule has 9 heteroatoms. The van der Waals surface area contributed by atoms with Gasteiger partial charge in [0.2, 0.25) is 0 Å². The van der Waals surface area contributed by atoms with Gasteiger partial charge in [-0.05, 0) is 23.7 Å². The Morgan fingerprint density at radius 3 is 1.92 bits per heavy atom. The van der Waals surface area contributed by atoms with E-state index >= 15 is 0 Å².